The van der Waals surface area contributed by atoms with Gasteiger partial charge in [0.15, 0.2) is 0 Å². The lowest BCUT2D eigenvalue weighted by molar-refractivity contribution is -0.305. The monoisotopic (exact) mass is 232 g/mol. The van der Waals surface area contributed by atoms with Crippen molar-refractivity contribution in [1.29, 1.82) is 0 Å². The minimum atomic E-state index is -1.16. The van der Waals surface area contributed by atoms with Crippen molar-refractivity contribution in [2.24, 2.45) is 0 Å². The number of carboxylic acid groups (broad SMARTS) is 1. The average molecular weight is 232 g/mol. The molecule has 0 aliphatic carbocycles. The molecule has 1 aliphatic rings. The number of fused-ring (bicyclic) bond motifs is 1. The fraction of sp³-hybridized carbons (Fsp3) is 0.250. The molecule has 5 heteroatoms. The Balaban J connectivity index is 2.16. The number of anilines is 1. The van der Waals surface area contributed by atoms with Crippen LogP contribution in [0, 0.1) is 0 Å². The molecule has 5 nitrogen and oxygen atoms in total. The molecule has 88 valence electrons. The van der Waals surface area contributed by atoms with E-state index in [1.165, 1.54) is 4.90 Å². The number of carboxylic acids is 1. The zero-order chi connectivity index (χ0) is 12.4. The van der Waals surface area contributed by atoms with E-state index >= 15 is 0 Å². The summed E-state index contributed by atoms with van der Waals surface area (Å²) in [5.74, 6) is -2.28. The zero-order valence-corrected chi connectivity index (χ0v) is 9.01. The maximum absolute atomic E-state index is 11.7. The van der Waals surface area contributed by atoms with Crippen molar-refractivity contribution in [3.63, 3.8) is 0 Å². The summed E-state index contributed by atoms with van der Waals surface area (Å²) in [7, 11) is 0. The fourth-order valence-electron chi connectivity index (χ4n) is 1.85. The van der Waals surface area contributed by atoms with Crippen molar-refractivity contribution in [2.45, 2.75) is 12.8 Å². The molecule has 0 bridgehead atoms. The van der Waals surface area contributed by atoms with Gasteiger partial charge in [-0.05, 0) is 25.0 Å². The van der Waals surface area contributed by atoms with Gasteiger partial charge in [0, 0.05) is 12.5 Å². The summed E-state index contributed by atoms with van der Waals surface area (Å²) < 4.78 is 0. The second-order valence-electron chi connectivity index (χ2n) is 3.78. The largest absolute Gasteiger partial charge is 0.550 e. The number of hydrogen-bond donors (Lipinski definition) is 0. The van der Waals surface area contributed by atoms with Crippen LogP contribution in [0.1, 0.15) is 23.2 Å². The fourth-order valence-corrected chi connectivity index (χ4v) is 1.85. The highest BCUT2D eigenvalue weighted by Crippen LogP contribution is 2.28. The molecule has 1 heterocycles. The van der Waals surface area contributed by atoms with Gasteiger partial charge in [0.1, 0.15) is 0 Å². The van der Waals surface area contributed by atoms with E-state index in [1.807, 2.05) is 0 Å². The molecule has 0 spiro atoms. The Morgan fingerprint density at radius 3 is 2.65 bits per heavy atom. The predicted molar refractivity (Wildman–Crippen MR) is 57.4 cm³/mol. The normalized spacial score (nSPS) is 14.0. The molecular formula is C12H10NO4-. The first-order chi connectivity index (χ1) is 8.11. The van der Waals surface area contributed by atoms with Crippen LogP contribution in [0.15, 0.2) is 24.3 Å². The van der Waals surface area contributed by atoms with Gasteiger partial charge in [-0.3, -0.25) is 9.59 Å². The SMILES string of the molecule is O=C([O-])CCCN1C(=O)C(=O)c2ccccc21. The quantitative estimate of drug-likeness (QED) is 0.670. The average Bonchev–Trinajstić information content (AvgIpc) is 2.54. The van der Waals surface area contributed by atoms with E-state index in [-0.39, 0.29) is 19.4 Å². The third-order valence-corrected chi connectivity index (χ3v) is 2.64. The molecule has 0 saturated carbocycles. The van der Waals surface area contributed by atoms with Crippen molar-refractivity contribution in [3.05, 3.63) is 29.8 Å². The number of nitrogens with zero attached hydrogens (tertiary/aromatic N) is 1. The molecular weight excluding hydrogens is 222 g/mol. The summed E-state index contributed by atoms with van der Waals surface area (Å²) in [6.45, 7) is 0.218. The zero-order valence-electron chi connectivity index (χ0n) is 9.01. The summed E-state index contributed by atoms with van der Waals surface area (Å²) >= 11 is 0. The topological polar surface area (TPSA) is 77.5 Å². The molecule has 1 amide bonds. The van der Waals surface area contributed by atoms with Gasteiger partial charge in [-0.25, -0.2) is 0 Å². The summed E-state index contributed by atoms with van der Waals surface area (Å²) in [6, 6.07) is 6.69. The van der Waals surface area contributed by atoms with Gasteiger partial charge in [0.25, 0.3) is 11.7 Å². The van der Waals surface area contributed by atoms with Crippen LogP contribution in [0.25, 0.3) is 0 Å². The van der Waals surface area contributed by atoms with E-state index in [1.54, 1.807) is 24.3 Å². The second-order valence-corrected chi connectivity index (χ2v) is 3.78. The minimum Gasteiger partial charge on any atom is -0.550 e. The predicted octanol–water partition coefficient (Wildman–Crippen LogP) is -0.254. The van der Waals surface area contributed by atoms with Gasteiger partial charge < -0.3 is 14.8 Å². The summed E-state index contributed by atoms with van der Waals surface area (Å²) in [4.78, 5) is 34.8. The lowest BCUT2D eigenvalue weighted by atomic mass is 10.1. The highest BCUT2D eigenvalue weighted by Gasteiger charge is 2.34. The molecule has 17 heavy (non-hydrogen) atoms. The Morgan fingerprint density at radius 2 is 1.94 bits per heavy atom. The Labute approximate surface area is 97.7 Å². The lowest BCUT2D eigenvalue weighted by Crippen LogP contribution is -2.32. The lowest BCUT2D eigenvalue weighted by Gasteiger charge is -2.16. The van der Waals surface area contributed by atoms with Crippen LogP contribution >= 0.6 is 0 Å². The van der Waals surface area contributed by atoms with E-state index in [0.717, 1.165) is 0 Å². The van der Waals surface area contributed by atoms with Crippen molar-refractivity contribution in [1.82, 2.24) is 0 Å². The van der Waals surface area contributed by atoms with E-state index < -0.39 is 17.7 Å². The van der Waals surface area contributed by atoms with E-state index in [4.69, 9.17) is 0 Å². The van der Waals surface area contributed by atoms with Crippen LogP contribution in [0.4, 0.5) is 5.69 Å². The number of para-hydroxylation sites is 1. The maximum atomic E-state index is 11.7. The van der Waals surface area contributed by atoms with Gasteiger partial charge >= 0.3 is 0 Å². The highest BCUT2D eigenvalue weighted by molar-refractivity contribution is 6.52. The van der Waals surface area contributed by atoms with E-state index in [0.29, 0.717) is 11.3 Å². The number of carbonyl (C=O) groups excluding carboxylic acids is 3. The van der Waals surface area contributed by atoms with Crippen LogP contribution in [0.2, 0.25) is 0 Å². The summed E-state index contributed by atoms with van der Waals surface area (Å²) in [5, 5.41) is 10.3. The Morgan fingerprint density at radius 1 is 1.24 bits per heavy atom. The number of hydrogen-bond acceptors (Lipinski definition) is 4. The van der Waals surface area contributed by atoms with Crippen LogP contribution in [0.3, 0.4) is 0 Å². The van der Waals surface area contributed by atoms with Crippen LogP contribution in [-0.2, 0) is 9.59 Å². The van der Waals surface area contributed by atoms with Gasteiger partial charge in [0.05, 0.1) is 11.3 Å². The molecule has 0 saturated heterocycles. The first kappa shape index (κ1) is 11.3. The molecule has 0 unspecified atom stereocenters. The summed E-state index contributed by atoms with van der Waals surface area (Å²) in [6.07, 6.45) is 0.149. The van der Waals surface area contributed by atoms with Crippen molar-refractivity contribution < 1.29 is 19.5 Å². The Bertz CT molecular complexity index is 495. The molecule has 0 fully saturated rings. The standard InChI is InChI=1S/C12H11NO4/c14-10(15)6-3-7-13-9-5-2-1-4-8(9)11(16)12(13)17/h1-2,4-5H,3,6-7H2,(H,14,15)/p-1. The number of benzene rings is 1. The molecule has 0 N–H and O–H groups in total. The maximum Gasteiger partial charge on any atom is 0.299 e. The third kappa shape index (κ3) is 2.04. The highest BCUT2D eigenvalue weighted by atomic mass is 16.4. The number of rotatable bonds is 4. The summed E-state index contributed by atoms with van der Waals surface area (Å²) in [5.41, 5.74) is 0.937. The van der Waals surface area contributed by atoms with Crippen LogP contribution in [-0.4, -0.2) is 24.2 Å². The molecule has 0 aromatic heterocycles. The van der Waals surface area contributed by atoms with Crippen LogP contribution in [0.5, 0.6) is 0 Å². The third-order valence-electron chi connectivity index (χ3n) is 2.64. The van der Waals surface area contributed by atoms with Gasteiger partial charge in [0.2, 0.25) is 0 Å². The number of carbonyl (C=O) groups is 3. The molecule has 0 atom stereocenters. The second kappa shape index (κ2) is 4.37. The minimum absolute atomic E-state index is 0.125. The van der Waals surface area contributed by atoms with Crippen LogP contribution < -0.4 is 10.0 Å². The number of ketones is 1. The molecule has 1 aromatic rings. The number of Topliss-reactive ketones (excluding diaryl/α,β-unsaturated/α-hetero) is 1. The smallest absolute Gasteiger partial charge is 0.299 e. The van der Waals surface area contributed by atoms with Crippen molar-refractivity contribution in [2.75, 3.05) is 11.4 Å². The van der Waals surface area contributed by atoms with Gasteiger partial charge in [-0.15, -0.1) is 0 Å². The van der Waals surface area contributed by atoms with Gasteiger partial charge in [-0.1, -0.05) is 12.1 Å². The van der Waals surface area contributed by atoms with Crippen molar-refractivity contribution in [3.8, 4) is 0 Å². The van der Waals surface area contributed by atoms with Crippen molar-refractivity contribution >= 4 is 23.3 Å². The van der Waals surface area contributed by atoms with E-state index in [2.05, 4.69) is 0 Å². The Hall–Kier alpha value is -2.17. The molecule has 1 aromatic carbocycles. The first-order valence-electron chi connectivity index (χ1n) is 5.26. The van der Waals surface area contributed by atoms with E-state index in [9.17, 15) is 19.5 Å². The number of aliphatic carboxylic acids is 1. The Kier molecular flexibility index (Phi) is 2.91. The first-order valence-corrected chi connectivity index (χ1v) is 5.26. The number of amides is 1. The molecule has 0 radical (unpaired) electrons. The van der Waals surface area contributed by atoms with Gasteiger partial charge in [-0.2, -0.15) is 0 Å². The molecule has 1 aliphatic heterocycles. The molecule has 2 rings (SSSR count).